The molecule has 0 spiro atoms. The second kappa shape index (κ2) is 4.49. The number of alkyl halides is 1. The van der Waals surface area contributed by atoms with Crippen molar-refractivity contribution in [2.24, 2.45) is 0 Å². The number of hydroxylamine groups is 2. The van der Waals surface area contributed by atoms with Gasteiger partial charge in [0, 0.05) is 0 Å². The van der Waals surface area contributed by atoms with Crippen molar-refractivity contribution in [3.8, 4) is 0 Å². The van der Waals surface area contributed by atoms with Gasteiger partial charge in [-0.2, -0.15) is 0 Å². The molecule has 4 heteroatoms. The maximum absolute atomic E-state index is 10.2. The van der Waals surface area contributed by atoms with Crippen molar-refractivity contribution in [1.29, 1.82) is 0 Å². The molecule has 1 N–H and O–H groups in total. The van der Waals surface area contributed by atoms with Gasteiger partial charge in [0.05, 0.1) is 0 Å². The fraction of sp³-hybridized carbons (Fsp3) is 1.00. The first kappa shape index (κ1) is 8.61. The van der Waals surface area contributed by atoms with Gasteiger partial charge in [0.25, 0.3) is 0 Å². The fourth-order valence-electron chi connectivity index (χ4n) is 0.152. The second-order valence-electron chi connectivity index (χ2n) is 1.67. The van der Waals surface area contributed by atoms with Crippen LogP contribution >= 0.6 is 0 Å². The average Bonchev–Trinajstić information content (AvgIpc) is 1.61. The number of nitrogens with one attached hydrogen (secondary N) is 1. The van der Waals surface area contributed by atoms with Crippen LogP contribution in [0.15, 0.2) is 0 Å². The third-order valence-corrected chi connectivity index (χ3v) is 2.22. The zero-order valence-electron chi connectivity index (χ0n) is 5.27. The van der Waals surface area contributed by atoms with Gasteiger partial charge in [0.1, 0.15) is 0 Å². The van der Waals surface area contributed by atoms with Gasteiger partial charge in [-0.25, -0.2) is 0 Å². The molecule has 0 saturated carbocycles. The van der Waals surface area contributed by atoms with Gasteiger partial charge in [0.15, 0.2) is 0 Å². The summed E-state index contributed by atoms with van der Waals surface area (Å²) in [6.45, 7) is 4.10. The molecule has 0 aromatic carbocycles. The van der Waals surface area contributed by atoms with Crippen LogP contribution in [0, 0.1) is 5.21 Å². The molecular weight excluding hydrogens is 221 g/mol. The van der Waals surface area contributed by atoms with Crippen molar-refractivity contribution in [1.82, 2.24) is 0 Å². The molecule has 0 radical (unpaired) electrons. The second-order valence-corrected chi connectivity index (χ2v) is 5.11. The number of rotatable bonds is 3. The topological polar surface area (TPSA) is 36.7 Å². The molecule has 0 fully saturated rings. The molecule has 52 valence electrons. The summed E-state index contributed by atoms with van der Waals surface area (Å²) in [6.07, 6.45) is 0. The van der Waals surface area contributed by atoms with Crippen LogP contribution in [0.25, 0.3) is 0 Å². The van der Waals surface area contributed by atoms with E-state index in [2.05, 4.69) is 13.8 Å². The average molecular weight is 232 g/mol. The van der Waals surface area contributed by atoms with Gasteiger partial charge in [-0.3, -0.25) is 0 Å². The van der Waals surface area contributed by atoms with Crippen molar-refractivity contribution in [3.63, 3.8) is 0 Å². The molecule has 0 aliphatic carbocycles. The Bertz CT molecular complexity index is 50.0. The first-order valence-corrected chi connectivity index (χ1v) is 4.56. The molecule has 1 atom stereocenters. The van der Waals surface area contributed by atoms with Gasteiger partial charge in [-0.05, 0) is 0 Å². The van der Waals surface area contributed by atoms with Gasteiger partial charge >= 0.3 is 60.0 Å². The molecule has 1 unspecified atom stereocenters. The zero-order valence-corrected chi connectivity index (χ0v) is 7.43. The normalized spacial score (nSPS) is 15.1. The summed E-state index contributed by atoms with van der Waals surface area (Å²) in [6, 6.07) is 0. The summed E-state index contributed by atoms with van der Waals surface area (Å²) in [7, 11) is 1.45. The van der Waals surface area contributed by atoms with E-state index in [4.69, 9.17) is 3.17 Å². The number of hydrogen-bond acceptors (Lipinski definition) is 2. The first-order valence-electron chi connectivity index (χ1n) is 2.44. The third-order valence-electron chi connectivity index (χ3n) is 0.331. The summed E-state index contributed by atoms with van der Waals surface area (Å²) < 4.78 is 5.33. The van der Waals surface area contributed by atoms with Crippen molar-refractivity contribution < 1.29 is 30.0 Å². The van der Waals surface area contributed by atoms with Gasteiger partial charge in [0.2, 0.25) is 0 Å². The predicted octanol–water partition coefficient (Wildman–Crippen LogP) is -3.66. The predicted molar refractivity (Wildman–Crippen MR) is 26.5 cm³/mol. The third kappa shape index (κ3) is 6.61. The van der Waals surface area contributed by atoms with Crippen LogP contribution in [0.2, 0.25) is 0 Å². The van der Waals surface area contributed by atoms with Crippen LogP contribution in [0.5, 0.6) is 0 Å². The molecule has 0 aromatic heterocycles. The van der Waals surface area contributed by atoms with E-state index in [9.17, 15) is 5.21 Å². The van der Waals surface area contributed by atoms with Crippen molar-refractivity contribution in [2.75, 3.05) is 7.05 Å². The van der Waals surface area contributed by atoms with Gasteiger partial charge in [-0.1, -0.05) is 0 Å². The van der Waals surface area contributed by atoms with Crippen molar-refractivity contribution in [3.05, 3.63) is 5.21 Å². The molecule has 0 aliphatic heterocycles. The van der Waals surface area contributed by atoms with Crippen LogP contribution < -0.4 is 26.8 Å². The molecule has 0 bridgehead atoms. The summed E-state index contributed by atoms with van der Waals surface area (Å²) in [5.74, 6) is 0. The number of quaternary nitrogens is 1. The van der Waals surface area contributed by atoms with Crippen LogP contribution in [0.4, 0.5) is 0 Å². The SMILES string of the molecule is CC(C)[I-]O[NH+](C)[O-]. The zero-order chi connectivity index (χ0) is 6.57. The number of hydrogen-bond donors (Lipinski definition) is 1. The number of halogens is 1. The standard InChI is InChI=1S/C4H11INO2/c1-4(2)5-8-6(3)7/h4,6H,1-3H3/q-1. The summed E-state index contributed by atoms with van der Waals surface area (Å²) in [4.78, 5) is 0. The maximum atomic E-state index is 10.2. The van der Waals surface area contributed by atoms with E-state index in [0.717, 1.165) is 0 Å². The van der Waals surface area contributed by atoms with E-state index < -0.39 is 0 Å². The van der Waals surface area contributed by atoms with E-state index in [1.807, 2.05) is 0 Å². The molecule has 0 heterocycles. The summed E-state index contributed by atoms with van der Waals surface area (Å²) in [5, 5.41) is 10.0. The van der Waals surface area contributed by atoms with Crippen LogP contribution in [0.1, 0.15) is 13.8 Å². The van der Waals surface area contributed by atoms with E-state index >= 15 is 0 Å². The summed E-state index contributed by atoms with van der Waals surface area (Å²) in [5.41, 5.74) is 0. The quantitative estimate of drug-likeness (QED) is 0.309. The van der Waals surface area contributed by atoms with E-state index in [1.165, 1.54) is 7.05 Å². The Balaban J connectivity index is 2.93. The van der Waals surface area contributed by atoms with E-state index in [1.54, 1.807) is 0 Å². The monoisotopic (exact) mass is 232 g/mol. The van der Waals surface area contributed by atoms with E-state index in [0.29, 0.717) is 3.92 Å². The van der Waals surface area contributed by atoms with Crippen molar-refractivity contribution >= 4 is 0 Å². The Morgan fingerprint density at radius 3 is 2.25 bits per heavy atom. The van der Waals surface area contributed by atoms with Gasteiger partial charge in [-0.15, -0.1) is 0 Å². The molecule has 8 heavy (non-hydrogen) atoms. The summed E-state index contributed by atoms with van der Waals surface area (Å²) >= 11 is -0.325. The van der Waals surface area contributed by atoms with Crippen LogP contribution in [-0.4, -0.2) is 11.0 Å². The molecule has 3 nitrogen and oxygen atoms in total. The van der Waals surface area contributed by atoms with Crippen LogP contribution in [0.3, 0.4) is 0 Å². The Hall–Kier alpha value is 0.610. The van der Waals surface area contributed by atoms with Crippen molar-refractivity contribution in [2.45, 2.75) is 17.8 Å². The Labute approximate surface area is 60.3 Å². The van der Waals surface area contributed by atoms with E-state index in [-0.39, 0.29) is 26.8 Å². The molecule has 0 amide bonds. The van der Waals surface area contributed by atoms with Crippen LogP contribution in [-0.2, 0) is 3.17 Å². The Kier molecular flexibility index (Phi) is 4.83. The Morgan fingerprint density at radius 1 is 1.62 bits per heavy atom. The minimum atomic E-state index is -0.325. The minimum absolute atomic E-state index is 0.147. The molecule has 0 rings (SSSR count). The van der Waals surface area contributed by atoms with Gasteiger partial charge < -0.3 is 0 Å². The Morgan fingerprint density at radius 2 is 2.12 bits per heavy atom. The molecule has 0 aliphatic rings. The molecule has 0 aromatic rings. The first-order chi connectivity index (χ1) is 3.63. The molecule has 0 saturated heterocycles. The fourth-order valence-corrected chi connectivity index (χ4v) is 1.02. The molecular formula is C4H11INO2-.